The van der Waals surface area contributed by atoms with Crippen LogP contribution in [0.25, 0.3) is 10.4 Å². The van der Waals surface area contributed by atoms with Gasteiger partial charge in [0.2, 0.25) is 5.88 Å². The Labute approximate surface area is 100 Å². The zero-order valence-electron chi connectivity index (χ0n) is 9.19. The fourth-order valence-corrected chi connectivity index (χ4v) is 1.06. The summed E-state index contributed by atoms with van der Waals surface area (Å²) < 4.78 is 42.1. The Balaban J connectivity index is 3.13. The average Bonchev–Trinajstić information content (AvgIpc) is 2.33. The number of alkyl halides is 3. The number of hydrogen-bond acceptors (Lipinski definition) is 3. The number of hydrogen-bond donors (Lipinski definition) is 0. The van der Waals surface area contributed by atoms with Gasteiger partial charge in [-0.15, -0.1) is 0 Å². The summed E-state index contributed by atoms with van der Waals surface area (Å²) >= 11 is 0. The van der Waals surface area contributed by atoms with Gasteiger partial charge in [0.1, 0.15) is 0 Å². The maximum atomic E-state index is 12.5. The largest absolute Gasteiger partial charge is 0.480 e. The van der Waals surface area contributed by atoms with E-state index in [1.54, 1.807) is 0 Å². The van der Waals surface area contributed by atoms with Gasteiger partial charge in [-0.3, -0.25) is 0 Å². The van der Waals surface area contributed by atoms with Crippen molar-refractivity contribution in [3.8, 4) is 17.7 Å². The molecule has 1 heterocycles. The average molecular weight is 256 g/mol. The zero-order chi connectivity index (χ0) is 13.6. The fraction of sp³-hybridized carbons (Fsp3) is 0.300. The summed E-state index contributed by atoms with van der Waals surface area (Å²) in [5.41, 5.74) is 7.09. The van der Waals surface area contributed by atoms with E-state index in [9.17, 15) is 13.2 Å². The summed E-state index contributed by atoms with van der Waals surface area (Å²) in [5, 5.41) is 3.14. The summed E-state index contributed by atoms with van der Waals surface area (Å²) in [6.45, 7) is -0.143. The van der Waals surface area contributed by atoms with E-state index < -0.39 is 11.7 Å². The molecule has 0 saturated heterocycles. The SMILES string of the molecule is COc1ncc(C(F)(F)F)cc1C#CCN=[N+]=[N-]. The summed E-state index contributed by atoms with van der Waals surface area (Å²) in [6.07, 6.45) is -3.84. The van der Waals surface area contributed by atoms with Crippen molar-refractivity contribution < 1.29 is 17.9 Å². The van der Waals surface area contributed by atoms with Crippen LogP contribution in [0.3, 0.4) is 0 Å². The number of azide groups is 1. The maximum absolute atomic E-state index is 12.5. The van der Waals surface area contributed by atoms with Gasteiger partial charge in [-0.2, -0.15) is 13.2 Å². The monoisotopic (exact) mass is 256 g/mol. The number of methoxy groups -OCH3 is 1. The molecule has 0 aliphatic carbocycles. The van der Waals surface area contributed by atoms with Gasteiger partial charge in [0, 0.05) is 11.1 Å². The molecule has 5 nitrogen and oxygen atoms in total. The van der Waals surface area contributed by atoms with Crippen molar-refractivity contribution in [2.75, 3.05) is 13.7 Å². The maximum Gasteiger partial charge on any atom is 0.417 e. The molecule has 94 valence electrons. The van der Waals surface area contributed by atoms with Crippen molar-refractivity contribution in [3.63, 3.8) is 0 Å². The molecule has 0 radical (unpaired) electrons. The predicted octanol–water partition coefficient (Wildman–Crippen LogP) is 2.77. The van der Waals surface area contributed by atoms with Crippen molar-refractivity contribution in [2.24, 2.45) is 5.11 Å². The first-order valence-corrected chi connectivity index (χ1v) is 4.60. The molecule has 1 rings (SSSR count). The van der Waals surface area contributed by atoms with E-state index >= 15 is 0 Å². The Morgan fingerprint density at radius 1 is 1.56 bits per heavy atom. The third-order valence-corrected chi connectivity index (χ3v) is 1.81. The van der Waals surface area contributed by atoms with Gasteiger partial charge < -0.3 is 4.74 Å². The molecule has 8 heteroatoms. The number of halogens is 3. The number of ether oxygens (including phenoxy) is 1. The molecule has 0 spiro atoms. The van der Waals surface area contributed by atoms with Gasteiger partial charge in [-0.05, 0) is 11.6 Å². The second-order valence-corrected chi connectivity index (χ2v) is 2.97. The Hall–Kier alpha value is -2.39. The van der Waals surface area contributed by atoms with Crippen LogP contribution < -0.4 is 4.74 Å². The Bertz CT molecular complexity index is 538. The van der Waals surface area contributed by atoms with Crippen molar-refractivity contribution >= 4 is 0 Å². The van der Waals surface area contributed by atoms with Crippen LogP contribution in [0.4, 0.5) is 13.2 Å². The highest BCUT2D eigenvalue weighted by Gasteiger charge is 2.31. The lowest BCUT2D eigenvalue weighted by Crippen LogP contribution is -2.06. The molecule has 0 aromatic carbocycles. The molecule has 0 saturated carbocycles. The zero-order valence-corrected chi connectivity index (χ0v) is 9.19. The molecule has 1 aromatic rings. The molecular formula is C10H7F3N4O. The first kappa shape index (κ1) is 13.7. The quantitative estimate of drug-likeness (QED) is 0.353. The van der Waals surface area contributed by atoms with Crippen LogP contribution in [0.2, 0.25) is 0 Å². The van der Waals surface area contributed by atoms with E-state index in [0.717, 1.165) is 6.07 Å². The molecule has 1 aromatic heterocycles. The topological polar surface area (TPSA) is 70.9 Å². The second-order valence-electron chi connectivity index (χ2n) is 2.97. The third kappa shape index (κ3) is 3.57. The number of aromatic nitrogens is 1. The van der Waals surface area contributed by atoms with Gasteiger partial charge in [-0.1, -0.05) is 17.0 Å². The van der Waals surface area contributed by atoms with Gasteiger partial charge in [0.05, 0.1) is 24.8 Å². The first-order chi connectivity index (χ1) is 8.49. The predicted molar refractivity (Wildman–Crippen MR) is 56.7 cm³/mol. The normalized spacial score (nSPS) is 10.0. The highest BCUT2D eigenvalue weighted by atomic mass is 19.4. The molecule has 18 heavy (non-hydrogen) atoms. The van der Waals surface area contributed by atoms with E-state index in [0.29, 0.717) is 6.20 Å². The Kier molecular flexibility index (Phi) is 4.40. The van der Waals surface area contributed by atoms with E-state index in [1.807, 2.05) is 0 Å². The molecule has 0 atom stereocenters. The lowest BCUT2D eigenvalue weighted by molar-refractivity contribution is -0.137. The summed E-state index contributed by atoms with van der Waals surface area (Å²) in [7, 11) is 1.27. The van der Waals surface area contributed by atoms with Crippen LogP contribution in [0, 0.1) is 11.8 Å². The van der Waals surface area contributed by atoms with E-state index in [1.165, 1.54) is 7.11 Å². The highest BCUT2D eigenvalue weighted by Crippen LogP contribution is 2.30. The molecule has 0 amide bonds. The Morgan fingerprint density at radius 3 is 2.83 bits per heavy atom. The first-order valence-electron chi connectivity index (χ1n) is 4.60. The van der Waals surface area contributed by atoms with Crippen molar-refractivity contribution in [3.05, 3.63) is 33.8 Å². The molecule has 0 unspecified atom stereocenters. The smallest absolute Gasteiger partial charge is 0.417 e. The summed E-state index contributed by atoms with van der Waals surface area (Å²) in [5.74, 6) is 4.79. The van der Waals surface area contributed by atoms with Crippen molar-refractivity contribution in [1.29, 1.82) is 0 Å². The number of rotatable bonds is 2. The number of pyridine rings is 1. The second kappa shape index (κ2) is 5.80. The van der Waals surface area contributed by atoms with Crippen LogP contribution in [0.5, 0.6) is 5.88 Å². The minimum atomic E-state index is -4.50. The molecule has 0 aliphatic heterocycles. The molecule has 0 N–H and O–H groups in total. The van der Waals surface area contributed by atoms with Crippen molar-refractivity contribution in [1.82, 2.24) is 4.98 Å². The molecule has 0 aliphatic rings. The van der Waals surface area contributed by atoms with E-state index in [-0.39, 0.29) is 18.0 Å². The van der Waals surface area contributed by atoms with Crippen LogP contribution in [0.15, 0.2) is 17.4 Å². The lowest BCUT2D eigenvalue weighted by Gasteiger charge is -2.08. The van der Waals surface area contributed by atoms with E-state index in [4.69, 9.17) is 10.3 Å². The lowest BCUT2D eigenvalue weighted by atomic mass is 10.2. The fourth-order valence-electron chi connectivity index (χ4n) is 1.06. The van der Waals surface area contributed by atoms with Crippen molar-refractivity contribution in [2.45, 2.75) is 6.18 Å². The minimum Gasteiger partial charge on any atom is -0.480 e. The summed E-state index contributed by atoms with van der Waals surface area (Å²) in [6, 6.07) is 0.828. The van der Waals surface area contributed by atoms with E-state index in [2.05, 4.69) is 26.9 Å². The van der Waals surface area contributed by atoms with Gasteiger partial charge >= 0.3 is 6.18 Å². The van der Waals surface area contributed by atoms with Gasteiger partial charge in [-0.25, -0.2) is 4.98 Å². The standard InChI is InChI=1S/C10H7F3N4O/c1-18-9-7(3-2-4-16-17-14)5-8(6-15-9)10(11,12)13/h5-6H,4H2,1H3. The Morgan fingerprint density at radius 2 is 2.28 bits per heavy atom. The highest BCUT2D eigenvalue weighted by molar-refractivity contribution is 5.44. The van der Waals surface area contributed by atoms with Gasteiger partial charge in [0.15, 0.2) is 0 Å². The minimum absolute atomic E-state index is 0.0135. The van der Waals surface area contributed by atoms with Crippen LogP contribution in [0.1, 0.15) is 11.1 Å². The molecule has 0 bridgehead atoms. The molecular weight excluding hydrogens is 249 g/mol. The van der Waals surface area contributed by atoms with Crippen LogP contribution in [-0.4, -0.2) is 18.6 Å². The number of nitrogens with zero attached hydrogens (tertiary/aromatic N) is 4. The molecule has 0 fully saturated rings. The van der Waals surface area contributed by atoms with Crippen LogP contribution >= 0.6 is 0 Å². The van der Waals surface area contributed by atoms with Gasteiger partial charge in [0.25, 0.3) is 0 Å². The summed E-state index contributed by atoms with van der Waals surface area (Å²) in [4.78, 5) is 5.98. The van der Waals surface area contributed by atoms with Crippen LogP contribution in [-0.2, 0) is 6.18 Å². The third-order valence-electron chi connectivity index (χ3n) is 1.81.